The fourth-order valence-corrected chi connectivity index (χ4v) is 6.10. The first-order chi connectivity index (χ1) is 14.3. The Bertz CT molecular complexity index is 1220. The number of nitrogens with one attached hydrogen (secondary N) is 1. The Morgan fingerprint density at radius 3 is 2.77 bits per heavy atom. The van der Waals surface area contributed by atoms with Crippen molar-refractivity contribution in [3.05, 3.63) is 59.4 Å². The van der Waals surface area contributed by atoms with Gasteiger partial charge in [-0.2, -0.15) is 0 Å². The molecule has 2 atom stereocenters. The average molecular weight is 425 g/mol. The molecule has 3 aromatic rings. The van der Waals surface area contributed by atoms with Crippen LogP contribution < -0.4 is 4.31 Å². The monoisotopic (exact) mass is 424 g/mol. The smallest absolute Gasteiger partial charge is 0.254 e. The van der Waals surface area contributed by atoms with E-state index in [9.17, 15) is 13.2 Å². The Morgan fingerprint density at radius 1 is 1.20 bits per heavy atom. The lowest BCUT2D eigenvalue weighted by Crippen LogP contribution is -2.34. The summed E-state index contributed by atoms with van der Waals surface area (Å²) < 4.78 is 25.7. The normalized spacial score (nSPS) is 21.4. The van der Waals surface area contributed by atoms with Crippen LogP contribution in [-0.2, 0) is 16.4 Å². The van der Waals surface area contributed by atoms with Gasteiger partial charge in [-0.15, -0.1) is 0 Å². The number of rotatable bonds is 3. The molecule has 5 rings (SSSR count). The quantitative estimate of drug-likeness (QED) is 0.699. The summed E-state index contributed by atoms with van der Waals surface area (Å²) in [5.74, 6) is 0.784. The van der Waals surface area contributed by atoms with Gasteiger partial charge < -0.3 is 9.88 Å². The summed E-state index contributed by atoms with van der Waals surface area (Å²) in [6.45, 7) is 2.57. The van der Waals surface area contributed by atoms with Gasteiger partial charge in [0.25, 0.3) is 5.91 Å². The lowest BCUT2D eigenvalue weighted by atomic mass is 10.1. The summed E-state index contributed by atoms with van der Waals surface area (Å²) in [7, 11) is -3.35. The molecule has 0 bridgehead atoms. The van der Waals surface area contributed by atoms with Gasteiger partial charge in [0.1, 0.15) is 5.82 Å². The van der Waals surface area contributed by atoms with Crippen molar-refractivity contribution in [2.75, 3.05) is 17.1 Å². The molecule has 8 heteroatoms. The third-order valence-corrected chi connectivity index (χ3v) is 7.35. The number of anilines is 1. The minimum absolute atomic E-state index is 0.0359. The molecule has 156 valence electrons. The van der Waals surface area contributed by atoms with Crippen molar-refractivity contribution in [3.63, 3.8) is 0 Å². The summed E-state index contributed by atoms with van der Waals surface area (Å²) >= 11 is 0. The van der Waals surface area contributed by atoms with Gasteiger partial charge in [0.2, 0.25) is 10.0 Å². The molecule has 2 aromatic carbocycles. The number of likely N-dealkylation sites (tertiary alicyclic amines) is 1. The number of benzene rings is 2. The number of aromatic amines is 1. The van der Waals surface area contributed by atoms with Gasteiger partial charge in [0.15, 0.2) is 0 Å². The molecule has 1 fully saturated rings. The van der Waals surface area contributed by atoms with E-state index in [1.807, 2.05) is 42.2 Å². The van der Waals surface area contributed by atoms with E-state index in [-0.39, 0.29) is 18.0 Å². The summed E-state index contributed by atoms with van der Waals surface area (Å²) in [6, 6.07) is 13.0. The molecule has 1 N–H and O–H groups in total. The number of sulfonamides is 1. The average Bonchev–Trinajstić information content (AvgIpc) is 3.40. The molecule has 1 aromatic heterocycles. The van der Waals surface area contributed by atoms with Crippen LogP contribution in [0.2, 0.25) is 0 Å². The molecule has 3 heterocycles. The van der Waals surface area contributed by atoms with E-state index < -0.39 is 10.0 Å². The van der Waals surface area contributed by atoms with Crippen molar-refractivity contribution >= 4 is 32.7 Å². The highest BCUT2D eigenvalue weighted by molar-refractivity contribution is 7.92. The first-order valence-electron chi connectivity index (χ1n) is 10.2. The van der Waals surface area contributed by atoms with Crippen LogP contribution in [0.5, 0.6) is 0 Å². The molecule has 7 nitrogen and oxygen atoms in total. The zero-order valence-corrected chi connectivity index (χ0v) is 17.8. The number of fused-ring (bicyclic) bond motifs is 2. The molecule has 0 saturated carbocycles. The van der Waals surface area contributed by atoms with Crippen molar-refractivity contribution in [2.45, 2.75) is 38.3 Å². The maximum Gasteiger partial charge on any atom is 0.254 e. The molecular formula is C22H24N4O3S. The number of amides is 1. The second-order valence-electron chi connectivity index (χ2n) is 8.25. The number of hydrogen-bond donors (Lipinski definition) is 1. The van der Waals surface area contributed by atoms with E-state index in [4.69, 9.17) is 4.98 Å². The fourth-order valence-electron chi connectivity index (χ4n) is 4.83. The molecule has 1 amide bonds. The van der Waals surface area contributed by atoms with Crippen LogP contribution in [0.25, 0.3) is 11.0 Å². The number of imidazole rings is 1. The van der Waals surface area contributed by atoms with Gasteiger partial charge in [-0.3, -0.25) is 9.10 Å². The maximum atomic E-state index is 13.4. The van der Waals surface area contributed by atoms with Crippen LogP contribution in [0.4, 0.5) is 5.69 Å². The molecule has 0 radical (unpaired) electrons. The minimum atomic E-state index is -3.35. The standard InChI is InChI=1S/C22H24N4O3S/c1-14-12-16-13-15(9-10-19(16)26(14)30(2,28)29)22(27)25-11-5-8-20(25)21-23-17-6-3-4-7-18(17)24-21/h3-4,6-7,9-10,13-14,20H,5,8,11-12H2,1-2H3,(H,23,24)/t14-,20-/m0/s1. The van der Waals surface area contributed by atoms with Gasteiger partial charge in [-0.05, 0) is 62.1 Å². The molecule has 0 spiro atoms. The number of nitrogens with zero attached hydrogens (tertiary/aromatic N) is 3. The summed E-state index contributed by atoms with van der Waals surface area (Å²) in [4.78, 5) is 23.3. The lowest BCUT2D eigenvalue weighted by Gasteiger charge is -2.24. The van der Waals surface area contributed by atoms with Crippen molar-refractivity contribution < 1.29 is 13.2 Å². The van der Waals surface area contributed by atoms with Gasteiger partial charge in [0, 0.05) is 18.2 Å². The molecule has 30 heavy (non-hydrogen) atoms. The topological polar surface area (TPSA) is 86.4 Å². The maximum absolute atomic E-state index is 13.4. The molecule has 2 aliphatic heterocycles. The zero-order chi connectivity index (χ0) is 21.0. The van der Waals surface area contributed by atoms with E-state index in [1.54, 1.807) is 12.1 Å². The Kier molecular flexibility index (Phi) is 4.36. The number of para-hydroxylation sites is 2. The Labute approximate surface area is 175 Å². The first-order valence-corrected chi connectivity index (χ1v) is 12.1. The van der Waals surface area contributed by atoms with Gasteiger partial charge >= 0.3 is 0 Å². The SMILES string of the molecule is C[C@H]1Cc2cc(C(=O)N3CCC[C@H]3c3nc4ccccc4[nH]3)ccc2N1S(C)(=O)=O. The number of carbonyl (C=O) groups is 1. The summed E-state index contributed by atoms with van der Waals surface area (Å²) in [6.07, 6.45) is 3.63. The predicted octanol–water partition coefficient (Wildman–Crippen LogP) is 3.25. The molecular weight excluding hydrogens is 400 g/mol. The number of carbonyl (C=O) groups excluding carboxylic acids is 1. The van der Waals surface area contributed by atoms with Crippen molar-refractivity contribution in [3.8, 4) is 0 Å². The van der Waals surface area contributed by atoms with Gasteiger partial charge in [-0.1, -0.05) is 12.1 Å². The second-order valence-corrected chi connectivity index (χ2v) is 10.1. The van der Waals surface area contributed by atoms with E-state index in [2.05, 4.69) is 4.98 Å². The van der Waals surface area contributed by atoms with Crippen molar-refractivity contribution in [2.24, 2.45) is 0 Å². The largest absolute Gasteiger partial charge is 0.340 e. The number of H-pyrrole nitrogens is 1. The Balaban J connectivity index is 1.45. The number of aromatic nitrogens is 2. The molecule has 0 aliphatic carbocycles. The highest BCUT2D eigenvalue weighted by Crippen LogP contribution is 2.37. The zero-order valence-electron chi connectivity index (χ0n) is 17.0. The van der Waals surface area contributed by atoms with E-state index >= 15 is 0 Å². The molecule has 1 saturated heterocycles. The third kappa shape index (κ3) is 3.06. The molecule has 2 aliphatic rings. The third-order valence-electron chi connectivity index (χ3n) is 6.07. The number of hydrogen-bond acceptors (Lipinski definition) is 4. The lowest BCUT2D eigenvalue weighted by molar-refractivity contribution is 0.0730. The second kappa shape index (κ2) is 6.84. The van der Waals surface area contributed by atoms with E-state index in [0.29, 0.717) is 24.2 Å². The van der Waals surface area contributed by atoms with Crippen LogP contribution in [0.1, 0.15) is 47.6 Å². The first kappa shape index (κ1) is 19.1. The Morgan fingerprint density at radius 2 is 2.00 bits per heavy atom. The summed E-state index contributed by atoms with van der Waals surface area (Å²) in [5, 5.41) is 0. The minimum Gasteiger partial charge on any atom is -0.340 e. The van der Waals surface area contributed by atoms with Crippen LogP contribution in [0.15, 0.2) is 42.5 Å². The highest BCUT2D eigenvalue weighted by atomic mass is 32.2. The predicted molar refractivity (Wildman–Crippen MR) is 116 cm³/mol. The fraction of sp³-hybridized carbons (Fsp3) is 0.364. The van der Waals surface area contributed by atoms with Gasteiger partial charge in [-0.25, -0.2) is 13.4 Å². The van der Waals surface area contributed by atoms with E-state index in [1.165, 1.54) is 10.6 Å². The molecule has 0 unspecified atom stereocenters. The summed E-state index contributed by atoms with van der Waals surface area (Å²) in [5.41, 5.74) is 4.05. The Hall–Kier alpha value is -2.87. The highest BCUT2D eigenvalue weighted by Gasteiger charge is 2.35. The van der Waals surface area contributed by atoms with Crippen molar-refractivity contribution in [1.82, 2.24) is 14.9 Å². The van der Waals surface area contributed by atoms with Crippen LogP contribution >= 0.6 is 0 Å². The van der Waals surface area contributed by atoms with Crippen LogP contribution in [0.3, 0.4) is 0 Å². The van der Waals surface area contributed by atoms with Gasteiger partial charge in [0.05, 0.1) is 29.0 Å². The van der Waals surface area contributed by atoms with Crippen molar-refractivity contribution in [1.29, 1.82) is 0 Å². The van der Waals surface area contributed by atoms with E-state index in [0.717, 1.165) is 35.3 Å². The van der Waals surface area contributed by atoms with Crippen LogP contribution in [-0.4, -0.2) is 48.0 Å². The van der Waals surface area contributed by atoms with Crippen LogP contribution in [0, 0.1) is 0 Å².